The average Bonchev–Trinajstić information content (AvgIpc) is 3.25. The van der Waals surface area contributed by atoms with Crippen LogP contribution in [0, 0.1) is 0 Å². The molecular weight excluding hydrogens is 368 g/mol. The maximum absolute atomic E-state index is 12.6. The summed E-state index contributed by atoms with van der Waals surface area (Å²) in [5.74, 6) is 2.25. The molecule has 26 heavy (non-hydrogen) atoms. The number of fused-ring (bicyclic) bond motifs is 1. The van der Waals surface area contributed by atoms with E-state index in [1.807, 2.05) is 35.7 Å². The monoisotopic (exact) mass is 382 g/mol. The molecule has 1 N–H and O–H groups in total. The van der Waals surface area contributed by atoms with Gasteiger partial charge in [-0.15, -0.1) is 21.5 Å². The minimum absolute atomic E-state index is 0.116. The van der Waals surface area contributed by atoms with E-state index in [1.54, 1.807) is 0 Å². The zero-order valence-electron chi connectivity index (χ0n) is 13.6. The molecule has 0 radical (unpaired) electrons. The van der Waals surface area contributed by atoms with E-state index in [1.165, 1.54) is 23.1 Å². The molecule has 4 aromatic rings. The number of nitrogens with one attached hydrogen (secondary N) is 1. The highest BCUT2D eigenvalue weighted by molar-refractivity contribution is 7.98. The summed E-state index contributed by atoms with van der Waals surface area (Å²) in [5, 5.41) is 11.3. The fourth-order valence-electron chi connectivity index (χ4n) is 2.80. The lowest BCUT2D eigenvalue weighted by molar-refractivity contribution is 0.414. The summed E-state index contributed by atoms with van der Waals surface area (Å²) in [6, 6.07) is 9.88. The first-order valence-corrected chi connectivity index (χ1v) is 10.2. The van der Waals surface area contributed by atoms with Crippen LogP contribution in [0.1, 0.15) is 30.5 Å². The number of aromatic amines is 1. The molecule has 1 saturated carbocycles. The highest BCUT2D eigenvalue weighted by Gasteiger charge is 2.29. The van der Waals surface area contributed by atoms with Gasteiger partial charge in [0.1, 0.15) is 10.7 Å². The van der Waals surface area contributed by atoms with E-state index in [0.29, 0.717) is 28.1 Å². The Morgan fingerprint density at radius 3 is 2.88 bits per heavy atom. The van der Waals surface area contributed by atoms with Gasteiger partial charge in [-0.2, -0.15) is 0 Å². The molecule has 0 amide bonds. The lowest BCUT2D eigenvalue weighted by Gasteiger charge is -2.01. The van der Waals surface area contributed by atoms with Gasteiger partial charge in [-0.3, -0.25) is 4.79 Å². The molecule has 1 aromatic carbocycles. The first-order valence-electron chi connectivity index (χ1n) is 8.30. The summed E-state index contributed by atoms with van der Waals surface area (Å²) < 4.78 is 5.63. The van der Waals surface area contributed by atoms with Crippen molar-refractivity contribution >= 4 is 33.3 Å². The number of thioether (sulfide) groups is 1. The smallest absolute Gasteiger partial charge is 0.277 e. The van der Waals surface area contributed by atoms with Gasteiger partial charge in [0.25, 0.3) is 10.8 Å². The van der Waals surface area contributed by atoms with Gasteiger partial charge in [0.15, 0.2) is 0 Å². The Balaban J connectivity index is 1.41. The summed E-state index contributed by atoms with van der Waals surface area (Å²) in [6.45, 7) is 0. The molecular formula is C18H14N4O2S2. The van der Waals surface area contributed by atoms with Crippen LogP contribution in [0.3, 0.4) is 0 Å². The highest BCUT2D eigenvalue weighted by Crippen LogP contribution is 2.40. The van der Waals surface area contributed by atoms with E-state index < -0.39 is 0 Å². The normalized spacial score (nSPS) is 14.2. The second kappa shape index (κ2) is 6.37. The maximum Gasteiger partial charge on any atom is 0.277 e. The predicted molar refractivity (Wildman–Crippen MR) is 102 cm³/mol. The molecule has 0 atom stereocenters. The molecule has 6 nitrogen and oxygen atoms in total. The molecule has 1 fully saturated rings. The SMILES string of the molecule is O=c1[nH]c(CSc2nnc(C3CC3)o2)nc2scc(-c3ccccc3)c12. The van der Waals surface area contributed by atoms with Crippen LogP contribution in [0.15, 0.2) is 50.1 Å². The number of thiophene rings is 1. The minimum Gasteiger partial charge on any atom is -0.416 e. The van der Waals surface area contributed by atoms with Crippen LogP contribution in [-0.4, -0.2) is 20.2 Å². The maximum atomic E-state index is 12.6. The molecule has 0 bridgehead atoms. The third-order valence-corrected chi connectivity index (χ3v) is 5.96. The van der Waals surface area contributed by atoms with Crippen molar-refractivity contribution in [3.8, 4) is 11.1 Å². The largest absolute Gasteiger partial charge is 0.416 e. The van der Waals surface area contributed by atoms with Crippen molar-refractivity contribution in [3.63, 3.8) is 0 Å². The van der Waals surface area contributed by atoms with Gasteiger partial charge < -0.3 is 9.40 Å². The quantitative estimate of drug-likeness (QED) is 0.521. The lowest BCUT2D eigenvalue weighted by atomic mass is 10.1. The van der Waals surface area contributed by atoms with E-state index in [9.17, 15) is 4.79 Å². The van der Waals surface area contributed by atoms with Crippen molar-refractivity contribution in [2.75, 3.05) is 0 Å². The molecule has 0 saturated heterocycles. The molecule has 130 valence electrons. The van der Waals surface area contributed by atoms with Crippen molar-refractivity contribution in [1.29, 1.82) is 0 Å². The van der Waals surface area contributed by atoms with E-state index >= 15 is 0 Å². The number of benzene rings is 1. The Hall–Kier alpha value is -2.45. The molecule has 1 aliphatic carbocycles. The van der Waals surface area contributed by atoms with E-state index in [2.05, 4.69) is 20.2 Å². The lowest BCUT2D eigenvalue weighted by Crippen LogP contribution is -2.10. The van der Waals surface area contributed by atoms with Gasteiger partial charge >= 0.3 is 0 Å². The van der Waals surface area contributed by atoms with Crippen LogP contribution in [-0.2, 0) is 5.75 Å². The standard InChI is InChI=1S/C18H14N4O2S2/c23-15-14-12(10-4-2-1-3-5-10)8-25-17(14)20-13(19-15)9-26-18-22-21-16(24-18)11-6-7-11/h1-5,8,11H,6-7,9H2,(H,19,20,23). The van der Waals surface area contributed by atoms with Crippen LogP contribution in [0.25, 0.3) is 21.3 Å². The van der Waals surface area contributed by atoms with E-state index in [0.717, 1.165) is 34.7 Å². The van der Waals surface area contributed by atoms with E-state index in [-0.39, 0.29) is 5.56 Å². The van der Waals surface area contributed by atoms with Crippen LogP contribution in [0.4, 0.5) is 0 Å². The van der Waals surface area contributed by atoms with Crippen molar-refractivity contribution in [1.82, 2.24) is 20.2 Å². The van der Waals surface area contributed by atoms with Crippen LogP contribution in [0.2, 0.25) is 0 Å². The van der Waals surface area contributed by atoms with Gasteiger partial charge in [0.2, 0.25) is 5.89 Å². The number of hydrogen-bond acceptors (Lipinski definition) is 7. The molecule has 3 heterocycles. The number of hydrogen-bond donors (Lipinski definition) is 1. The van der Waals surface area contributed by atoms with E-state index in [4.69, 9.17) is 4.42 Å². The summed E-state index contributed by atoms with van der Waals surface area (Å²) in [5.41, 5.74) is 1.83. The van der Waals surface area contributed by atoms with Crippen molar-refractivity contribution in [3.05, 3.63) is 57.8 Å². The third kappa shape index (κ3) is 2.95. The Bertz CT molecular complexity index is 1130. The van der Waals surface area contributed by atoms with Gasteiger partial charge in [-0.25, -0.2) is 4.98 Å². The molecule has 1 aliphatic rings. The molecule has 0 aliphatic heterocycles. The molecule has 0 unspecified atom stereocenters. The fourth-order valence-corrected chi connectivity index (χ4v) is 4.40. The van der Waals surface area contributed by atoms with Crippen LogP contribution in [0.5, 0.6) is 0 Å². The number of rotatable bonds is 5. The van der Waals surface area contributed by atoms with Crippen molar-refractivity contribution in [2.24, 2.45) is 0 Å². The van der Waals surface area contributed by atoms with Gasteiger partial charge in [0, 0.05) is 16.9 Å². The number of H-pyrrole nitrogens is 1. The van der Waals surface area contributed by atoms with Crippen LogP contribution >= 0.6 is 23.1 Å². The first kappa shape index (κ1) is 15.8. The van der Waals surface area contributed by atoms with Crippen LogP contribution < -0.4 is 5.56 Å². The number of aromatic nitrogens is 4. The second-order valence-corrected chi connectivity index (χ2v) is 7.96. The molecule has 8 heteroatoms. The Morgan fingerprint density at radius 1 is 1.23 bits per heavy atom. The Kier molecular flexibility index (Phi) is 3.86. The fraction of sp³-hybridized carbons (Fsp3) is 0.222. The summed E-state index contributed by atoms with van der Waals surface area (Å²) >= 11 is 2.87. The average molecular weight is 382 g/mol. The molecule has 3 aromatic heterocycles. The highest BCUT2D eigenvalue weighted by atomic mass is 32.2. The first-order chi connectivity index (χ1) is 12.8. The Morgan fingerprint density at radius 2 is 2.08 bits per heavy atom. The molecule has 5 rings (SSSR count). The zero-order valence-corrected chi connectivity index (χ0v) is 15.3. The van der Waals surface area contributed by atoms with Gasteiger partial charge in [-0.1, -0.05) is 42.1 Å². The van der Waals surface area contributed by atoms with Gasteiger partial charge in [0.05, 0.1) is 11.1 Å². The topological polar surface area (TPSA) is 84.7 Å². The Labute approximate surface area is 156 Å². The minimum atomic E-state index is -0.116. The third-order valence-electron chi connectivity index (χ3n) is 4.26. The van der Waals surface area contributed by atoms with Gasteiger partial charge in [-0.05, 0) is 18.4 Å². The van der Waals surface area contributed by atoms with Crippen molar-refractivity contribution in [2.45, 2.75) is 29.7 Å². The predicted octanol–water partition coefficient (Wildman–Crippen LogP) is 4.20. The summed E-state index contributed by atoms with van der Waals surface area (Å²) in [4.78, 5) is 20.9. The zero-order chi connectivity index (χ0) is 17.5. The summed E-state index contributed by atoms with van der Waals surface area (Å²) in [7, 11) is 0. The number of nitrogens with zero attached hydrogens (tertiary/aromatic N) is 3. The summed E-state index contributed by atoms with van der Waals surface area (Å²) in [6.07, 6.45) is 2.25. The molecule has 0 spiro atoms. The van der Waals surface area contributed by atoms with Crippen molar-refractivity contribution < 1.29 is 4.42 Å². The second-order valence-electron chi connectivity index (χ2n) is 6.18.